The molecule has 5 nitrogen and oxygen atoms in total. The van der Waals surface area contributed by atoms with Crippen LogP contribution in [0.4, 0.5) is 5.69 Å². The first-order chi connectivity index (χ1) is 9.13. The van der Waals surface area contributed by atoms with E-state index in [0.29, 0.717) is 18.5 Å². The van der Waals surface area contributed by atoms with Crippen molar-refractivity contribution in [2.45, 2.75) is 19.9 Å². The molecule has 1 aromatic heterocycles. The average molecular weight is 279 g/mol. The highest BCUT2D eigenvalue weighted by Gasteiger charge is 2.20. The van der Waals surface area contributed by atoms with Gasteiger partial charge in [-0.15, -0.1) is 0 Å². The molecule has 1 N–H and O–H groups in total. The van der Waals surface area contributed by atoms with E-state index in [0.717, 1.165) is 10.6 Å². The van der Waals surface area contributed by atoms with Crippen molar-refractivity contribution in [3.63, 3.8) is 0 Å². The van der Waals surface area contributed by atoms with E-state index in [4.69, 9.17) is 5.11 Å². The van der Waals surface area contributed by atoms with E-state index in [2.05, 4.69) is 0 Å². The van der Waals surface area contributed by atoms with Crippen LogP contribution in [0.25, 0.3) is 0 Å². The molecule has 0 unspecified atom stereocenters. The number of aromatic nitrogens is 1. The van der Waals surface area contributed by atoms with Gasteiger partial charge in [0, 0.05) is 26.0 Å². The minimum Gasteiger partial charge on any atom is -0.396 e. The summed E-state index contributed by atoms with van der Waals surface area (Å²) < 4.78 is 1.98. The third-order valence-electron chi connectivity index (χ3n) is 3.02. The van der Waals surface area contributed by atoms with Gasteiger partial charge in [0.1, 0.15) is 0 Å². The van der Waals surface area contributed by atoms with Crippen molar-refractivity contribution in [1.82, 2.24) is 0 Å². The number of para-hydroxylation sites is 1. The number of nitro groups is 1. The Morgan fingerprint density at radius 1 is 1.42 bits per heavy atom. The first kappa shape index (κ1) is 13.6. The summed E-state index contributed by atoms with van der Waals surface area (Å²) in [6, 6.07) is 6.77. The molecule has 0 aliphatic heterocycles. The van der Waals surface area contributed by atoms with Gasteiger partial charge < -0.3 is 5.11 Å². The molecule has 19 heavy (non-hydrogen) atoms. The van der Waals surface area contributed by atoms with Crippen LogP contribution in [0.15, 0.2) is 29.8 Å². The molecule has 6 heteroatoms. The summed E-state index contributed by atoms with van der Waals surface area (Å²) in [5, 5.41) is 19.9. The molecule has 0 bridgehead atoms. The number of hydrogen-bond acceptors (Lipinski definition) is 4. The Morgan fingerprint density at radius 2 is 2.16 bits per heavy atom. The van der Waals surface area contributed by atoms with Crippen molar-refractivity contribution in [2.75, 3.05) is 6.61 Å². The number of benzene rings is 1. The van der Waals surface area contributed by atoms with Gasteiger partial charge in [-0.2, -0.15) is 4.57 Å². The molecule has 1 aromatic carbocycles. The predicted molar refractivity (Wildman–Crippen MR) is 72.2 cm³/mol. The predicted octanol–water partition coefficient (Wildman–Crippen LogP) is 1.84. The average Bonchev–Trinajstić information content (AvgIpc) is 2.73. The van der Waals surface area contributed by atoms with Crippen LogP contribution in [-0.2, 0) is 13.0 Å². The van der Waals surface area contributed by atoms with E-state index >= 15 is 0 Å². The van der Waals surface area contributed by atoms with Crippen LogP contribution < -0.4 is 4.57 Å². The third-order valence-corrected chi connectivity index (χ3v) is 4.17. The Bertz CT molecular complexity index is 595. The van der Waals surface area contributed by atoms with Crippen LogP contribution in [0.2, 0.25) is 0 Å². The van der Waals surface area contributed by atoms with Gasteiger partial charge in [0.25, 0.3) is 5.69 Å². The molecule has 2 rings (SSSR count). The highest BCUT2D eigenvalue weighted by Crippen LogP contribution is 2.18. The summed E-state index contributed by atoms with van der Waals surface area (Å²) in [5.41, 5.74) is 3.83. The molecular weight excluding hydrogens is 264 g/mol. The van der Waals surface area contributed by atoms with Gasteiger partial charge in [-0.3, -0.25) is 10.1 Å². The second kappa shape index (κ2) is 5.90. The van der Waals surface area contributed by atoms with Crippen molar-refractivity contribution >= 4 is 17.0 Å². The number of nitrogens with zero attached hydrogens (tertiary/aromatic N) is 2. The summed E-state index contributed by atoms with van der Waals surface area (Å²) in [6.07, 6.45) is 0.625. The number of nitro benzene ring substituents is 1. The van der Waals surface area contributed by atoms with Gasteiger partial charge in [0.2, 0.25) is 5.51 Å². The highest BCUT2D eigenvalue weighted by molar-refractivity contribution is 7.09. The van der Waals surface area contributed by atoms with Crippen molar-refractivity contribution in [2.24, 2.45) is 0 Å². The van der Waals surface area contributed by atoms with Crippen LogP contribution in [0.3, 0.4) is 0 Å². The largest absolute Gasteiger partial charge is 0.396 e. The molecule has 1 heterocycles. The Hall–Kier alpha value is -1.79. The molecule has 0 fully saturated rings. The highest BCUT2D eigenvalue weighted by atomic mass is 32.1. The fourth-order valence-corrected chi connectivity index (χ4v) is 2.94. The summed E-state index contributed by atoms with van der Waals surface area (Å²) in [6.45, 7) is 2.56. The third kappa shape index (κ3) is 2.97. The first-order valence-corrected chi connectivity index (χ1v) is 6.81. The van der Waals surface area contributed by atoms with Gasteiger partial charge in [0.05, 0.1) is 15.4 Å². The lowest BCUT2D eigenvalue weighted by molar-refractivity contribution is -0.690. The molecular formula is C13H15N2O3S+. The minimum absolute atomic E-state index is 0.118. The molecule has 0 saturated heterocycles. The van der Waals surface area contributed by atoms with Gasteiger partial charge in [-0.1, -0.05) is 23.5 Å². The fourth-order valence-electron chi connectivity index (χ4n) is 1.96. The maximum Gasteiger partial charge on any atom is 0.278 e. The molecule has 0 spiro atoms. The second-order valence-corrected chi connectivity index (χ2v) is 5.16. The topological polar surface area (TPSA) is 67.2 Å². The maximum atomic E-state index is 11.0. The van der Waals surface area contributed by atoms with E-state index in [1.54, 1.807) is 29.5 Å². The zero-order valence-corrected chi connectivity index (χ0v) is 11.4. The summed E-state index contributed by atoms with van der Waals surface area (Å²) in [5.74, 6) is 0. The van der Waals surface area contributed by atoms with E-state index < -0.39 is 0 Å². The summed E-state index contributed by atoms with van der Waals surface area (Å²) in [4.78, 5) is 11.7. The van der Waals surface area contributed by atoms with Gasteiger partial charge in [-0.25, -0.2) is 0 Å². The van der Waals surface area contributed by atoms with Crippen LogP contribution in [0, 0.1) is 17.0 Å². The molecule has 0 aliphatic rings. The van der Waals surface area contributed by atoms with Crippen LogP contribution in [0.1, 0.15) is 16.1 Å². The second-order valence-electron chi connectivity index (χ2n) is 4.22. The van der Waals surface area contributed by atoms with Crippen LogP contribution >= 0.6 is 11.3 Å². The first-order valence-electron chi connectivity index (χ1n) is 5.93. The SMILES string of the molecule is Cc1c(CCO)sc[n+]1Cc1ccccc1[N+](=O)[O-]. The molecule has 2 aromatic rings. The van der Waals surface area contributed by atoms with Gasteiger partial charge in [0.15, 0.2) is 12.2 Å². The van der Waals surface area contributed by atoms with Crippen LogP contribution in [0.5, 0.6) is 0 Å². The Kier molecular flexibility index (Phi) is 4.24. The summed E-state index contributed by atoms with van der Waals surface area (Å²) >= 11 is 1.57. The number of aliphatic hydroxyl groups excluding tert-OH is 1. The maximum absolute atomic E-state index is 11.0. The van der Waals surface area contributed by atoms with Crippen molar-refractivity contribution in [3.05, 3.63) is 56.0 Å². The molecule has 0 saturated carbocycles. The number of aliphatic hydroxyl groups is 1. The Morgan fingerprint density at radius 3 is 2.84 bits per heavy atom. The number of hydrogen-bond donors (Lipinski definition) is 1. The van der Waals surface area contributed by atoms with E-state index in [-0.39, 0.29) is 17.2 Å². The molecule has 0 amide bonds. The molecule has 100 valence electrons. The molecule has 0 atom stereocenters. The Labute approximate surface area is 114 Å². The number of thiazole rings is 1. The summed E-state index contributed by atoms with van der Waals surface area (Å²) in [7, 11) is 0. The van der Waals surface area contributed by atoms with Crippen molar-refractivity contribution in [3.8, 4) is 0 Å². The fraction of sp³-hybridized carbons (Fsp3) is 0.308. The minimum atomic E-state index is -0.355. The van der Waals surface area contributed by atoms with Crippen LogP contribution in [-0.4, -0.2) is 16.6 Å². The lowest BCUT2D eigenvalue weighted by Crippen LogP contribution is -2.35. The lowest BCUT2D eigenvalue weighted by Gasteiger charge is -1.99. The quantitative estimate of drug-likeness (QED) is 0.516. The van der Waals surface area contributed by atoms with Crippen molar-refractivity contribution < 1.29 is 14.6 Å². The molecule has 0 radical (unpaired) electrons. The van der Waals surface area contributed by atoms with Gasteiger partial charge >= 0.3 is 0 Å². The monoisotopic (exact) mass is 279 g/mol. The van der Waals surface area contributed by atoms with Crippen molar-refractivity contribution in [1.29, 1.82) is 0 Å². The van der Waals surface area contributed by atoms with E-state index in [1.807, 2.05) is 17.0 Å². The lowest BCUT2D eigenvalue weighted by atomic mass is 10.1. The molecule has 0 aliphatic carbocycles. The zero-order valence-electron chi connectivity index (χ0n) is 10.6. The standard InChI is InChI=1S/C13H15N2O3S/c1-10-13(6-7-16)19-9-14(10)8-11-4-2-3-5-12(11)15(17)18/h2-5,9,16H,6-8H2,1H3/q+1. The number of rotatable bonds is 5. The smallest absolute Gasteiger partial charge is 0.278 e. The normalized spacial score (nSPS) is 10.6. The Balaban J connectivity index is 2.29. The van der Waals surface area contributed by atoms with Gasteiger partial charge in [-0.05, 0) is 6.07 Å². The van der Waals surface area contributed by atoms with E-state index in [9.17, 15) is 10.1 Å². The van der Waals surface area contributed by atoms with E-state index in [1.165, 1.54) is 6.07 Å². The zero-order chi connectivity index (χ0) is 13.8.